The topological polar surface area (TPSA) is 48.9 Å². The number of H-pyrrole nitrogens is 1. The molecule has 1 heterocycles. The monoisotopic (exact) mass is 172 g/mol. The van der Waals surface area contributed by atoms with E-state index >= 15 is 0 Å². The van der Waals surface area contributed by atoms with E-state index in [9.17, 15) is 0 Å². The first-order chi connectivity index (χ1) is 5.33. The minimum absolute atomic E-state index is 0.251. The van der Waals surface area contributed by atoms with Gasteiger partial charge in [-0.2, -0.15) is 0 Å². The first-order valence-electron chi connectivity index (χ1n) is 3.55. The molecule has 0 bridgehead atoms. The van der Waals surface area contributed by atoms with Crippen molar-refractivity contribution in [3.63, 3.8) is 0 Å². The fraction of sp³-hybridized carbons (Fsp3) is 0.571. The molecule has 0 fully saturated rings. The number of rotatable bonds is 4. The predicted molar refractivity (Wildman–Crippen MR) is 45.6 cm³/mol. The van der Waals surface area contributed by atoms with Crippen LogP contribution < -0.4 is 0 Å². The molecule has 0 radical (unpaired) electrons. The molecule has 1 aromatic rings. The highest BCUT2D eigenvalue weighted by molar-refractivity contribution is 7.99. The molecule has 0 aliphatic carbocycles. The van der Waals surface area contributed by atoms with Crippen LogP contribution in [-0.4, -0.2) is 27.4 Å². The molecule has 0 spiro atoms. The average Bonchev–Trinajstić information content (AvgIpc) is 2.52. The number of aliphatic hydroxyl groups excluding tert-OH is 1. The van der Waals surface area contributed by atoms with Gasteiger partial charge in [0, 0.05) is 12.4 Å². The normalized spacial score (nSPS) is 13.3. The first kappa shape index (κ1) is 8.62. The highest BCUT2D eigenvalue weighted by Crippen LogP contribution is 2.16. The van der Waals surface area contributed by atoms with Gasteiger partial charge in [0.25, 0.3) is 0 Å². The second kappa shape index (κ2) is 4.41. The number of hydrogen-bond donors (Lipinski definition) is 2. The molecule has 11 heavy (non-hydrogen) atoms. The van der Waals surface area contributed by atoms with E-state index in [1.165, 1.54) is 0 Å². The van der Waals surface area contributed by atoms with Crippen molar-refractivity contribution in [3.05, 3.63) is 12.5 Å². The molecule has 1 atom stereocenters. The molecular weight excluding hydrogens is 160 g/mol. The van der Waals surface area contributed by atoms with Gasteiger partial charge < -0.3 is 10.1 Å². The lowest BCUT2D eigenvalue weighted by molar-refractivity contribution is 0.250. The van der Waals surface area contributed by atoms with Crippen molar-refractivity contribution in [2.75, 3.05) is 12.4 Å². The van der Waals surface area contributed by atoms with Crippen molar-refractivity contribution < 1.29 is 5.11 Å². The lowest BCUT2D eigenvalue weighted by Gasteiger charge is -2.04. The van der Waals surface area contributed by atoms with Gasteiger partial charge >= 0.3 is 0 Å². The minimum atomic E-state index is 0.251. The van der Waals surface area contributed by atoms with Crippen LogP contribution in [0.25, 0.3) is 0 Å². The van der Waals surface area contributed by atoms with Crippen molar-refractivity contribution in [2.45, 2.75) is 11.9 Å². The molecule has 62 valence electrons. The molecule has 0 amide bonds. The van der Waals surface area contributed by atoms with E-state index in [-0.39, 0.29) is 6.61 Å². The average molecular weight is 172 g/mol. The van der Waals surface area contributed by atoms with Crippen LogP contribution in [0.1, 0.15) is 6.92 Å². The van der Waals surface area contributed by atoms with E-state index in [2.05, 4.69) is 9.97 Å². The largest absolute Gasteiger partial charge is 0.396 e. The van der Waals surface area contributed by atoms with E-state index in [1.807, 2.05) is 6.92 Å². The molecule has 3 nitrogen and oxygen atoms in total. The number of imidazole rings is 1. The zero-order valence-corrected chi connectivity index (χ0v) is 7.27. The van der Waals surface area contributed by atoms with E-state index in [0.717, 1.165) is 10.8 Å². The summed E-state index contributed by atoms with van der Waals surface area (Å²) in [6.07, 6.45) is 3.45. The number of aliphatic hydroxyl groups is 1. The highest BCUT2D eigenvalue weighted by Gasteiger charge is 2.01. The Labute approximate surface area is 70.2 Å². The van der Waals surface area contributed by atoms with Crippen LogP contribution in [0.3, 0.4) is 0 Å². The molecule has 0 aromatic carbocycles. The van der Waals surface area contributed by atoms with Gasteiger partial charge in [-0.15, -0.1) is 11.8 Å². The summed E-state index contributed by atoms with van der Waals surface area (Å²) < 4.78 is 0. The SMILES string of the molecule is CC(CO)CSc1cnc[nH]1. The Balaban J connectivity index is 2.23. The summed E-state index contributed by atoms with van der Waals surface area (Å²) in [5.74, 6) is 1.28. The summed E-state index contributed by atoms with van der Waals surface area (Å²) in [4.78, 5) is 6.87. The smallest absolute Gasteiger partial charge is 0.0928 e. The Morgan fingerprint density at radius 1 is 1.82 bits per heavy atom. The third kappa shape index (κ3) is 2.95. The summed E-state index contributed by atoms with van der Waals surface area (Å²) in [7, 11) is 0. The maximum atomic E-state index is 8.72. The number of nitrogens with one attached hydrogen (secondary N) is 1. The minimum Gasteiger partial charge on any atom is -0.396 e. The fourth-order valence-corrected chi connectivity index (χ4v) is 1.45. The third-order valence-corrected chi connectivity index (χ3v) is 2.58. The van der Waals surface area contributed by atoms with Crippen molar-refractivity contribution in [2.24, 2.45) is 5.92 Å². The van der Waals surface area contributed by atoms with Crippen LogP contribution in [0.4, 0.5) is 0 Å². The second-order valence-corrected chi connectivity index (χ2v) is 3.58. The molecule has 2 N–H and O–H groups in total. The lowest BCUT2D eigenvalue weighted by atomic mass is 10.2. The summed E-state index contributed by atoms with van der Waals surface area (Å²) in [6, 6.07) is 0. The zero-order chi connectivity index (χ0) is 8.10. The van der Waals surface area contributed by atoms with Crippen LogP contribution in [-0.2, 0) is 0 Å². The van der Waals surface area contributed by atoms with Gasteiger partial charge in [-0.1, -0.05) is 6.92 Å². The highest BCUT2D eigenvalue weighted by atomic mass is 32.2. The number of hydrogen-bond acceptors (Lipinski definition) is 3. The van der Waals surface area contributed by atoms with E-state index < -0.39 is 0 Å². The Morgan fingerprint density at radius 2 is 2.64 bits per heavy atom. The van der Waals surface area contributed by atoms with Gasteiger partial charge in [-0.25, -0.2) is 4.98 Å². The molecule has 4 heteroatoms. The second-order valence-electron chi connectivity index (χ2n) is 2.51. The van der Waals surface area contributed by atoms with Crippen LogP contribution >= 0.6 is 11.8 Å². The van der Waals surface area contributed by atoms with Gasteiger partial charge in [-0.3, -0.25) is 0 Å². The first-order valence-corrected chi connectivity index (χ1v) is 4.53. The van der Waals surface area contributed by atoms with E-state index in [1.54, 1.807) is 24.3 Å². The van der Waals surface area contributed by atoms with Gasteiger partial charge in [0.05, 0.1) is 17.6 Å². The zero-order valence-electron chi connectivity index (χ0n) is 6.45. The molecule has 0 saturated heterocycles. The number of aromatic amines is 1. The van der Waals surface area contributed by atoms with Crippen LogP contribution in [0.15, 0.2) is 17.6 Å². The predicted octanol–water partition coefficient (Wildman–Crippen LogP) is 1.13. The summed E-state index contributed by atoms with van der Waals surface area (Å²) >= 11 is 1.68. The molecule has 1 aromatic heterocycles. The van der Waals surface area contributed by atoms with Gasteiger partial charge in [0.15, 0.2) is 0 Å². The van der Waals surface area contributed by atoms with Crippen molar-refractivity contribution in [1.82, 2.24) is 9.97 Å². The molecular formula is C7H12N2OS. The van der Waals surface area contributed by atoms with Crippen molar-refractivity contribution >= 4 is 11.8 Å². The maximum absolute atomic E-state index is 8.72. The quantitative estimate of drug-likeness (QED) is 0.669. The van der Waals surface area contributed by atoms with Crippen molar-refractivity contribution in [3.8, 4) is 0 Å². The maximum Gasteiger partial charge on any atom is 0.0928 e. The fourth-order valence-electron chi connectivity index (χ4n) is 0.607. The molecule has 0 aliphatic rings. The Morgan fingerprint density at radius 3 is 3.18 bits per heavy atom. The van der Waals surface area contributed by atoms with Crippen LogP contribution in [0.2, 0.25) is 0 Å². The summed E-state index contributed by atoms with van der Waals surface area (Å²) in [6.45, 7) is 2.27. The van der Waals surface area contributed by atoms with E-state index in [0.29, 0.717) is 5.92 Å². The van der Waals surface area contributed by atoms with Crippen molar-refractivity contribution in [1.29, 1.82) is 0 Å². The number of nitrogens with zero attached hydrogens (tertiary/aromatic N) is 1. The number of thioether (sulfide) groups is 1. The molecule has 0 aliphatic heterocycles. The summed E-state index contributed by atoms with van der Waals surface area (Å²) in [5, 5.41) is 9.78. The molecule has 0 saturated carbocycles. The van der Waals surface area contributed by atoms with E-state index in [4.69, 9.17) is 5.11 Å². The Hall–Kier alpha value is -0.480. The lowest BCUT2D eigenvalue weighted by Crippen LogP contribution is -2.02. The summed E-state index contributed by atoms with van der Waals surface area (Å²) in [5.41, 5.74) is 0. The van der Waals surface area contributed by atoms with Gasteiger partial charge in [0.2, 0.25) is 0 Å². The Bertz CT molecular complexity index is 188. The molecule has 1 rings (SSSR count). The number of aromatic nitrogens is 2. The standard InChI is InChI=1S/C7H12N2OS/c1-6(3-10)4-11-7-2-8-5-9-7/h2,5-6,10H,3-4H2,1H3,(H,8,9). The third-order valence-electron chi connectivity index (χ3n) is 1.31. The van der Waals surface area contributed by atoms with Crippen LogP contribution in [0, 0.1) is 5.92 Å². The Kier molecular flexibility index (Phi) is 3.45. The van der Waals surface area contributed by atoms with Crippen LogP contribution in [0.5, 0.6) is 0 Å². The van der Waals surface area contributed by atoms with Gasteiger partial charge in [-0.05, 0) is 5.92 Å². The van der Waals surface area contributed by atoms with Gasteiger partial charge in [0.1, 0.15) is 0 Å². The molecule has 1 unspecified atom stereocenters.